The van der Waals surface area contributed by atoms with Crippen molar-refractivity contribution in [3.05, 3.63) is 69.8 Å². The van der Waals surface area contributed by atoms with Crippen LogP contribution in [-0.2, 0) is 6.54 Å². The number of nitrogens with zero attached hydrogens (tertiary/aromatic N) is 4. The third kappa shape index (κ3) is 3.71. The summed E-state index contributed by atoms with van der Waals surface area (Å²) < 4.78 is 12.6. The monoisotopic (exact) mass is 563 g/mol. The molecule has 0 bridgehead atoms. The standard InChI is InChI=1S/C26H22IN5O2/c1-15-30-21-5-3-17(10-23(21)31-15)16-4-6-24-18(9-16)13-32(7-8-34-24)26-19-11-20(27)25(33-2)12-22(19)28-14-29-26/h3-6,9-12,14H,7-8,13H2,1-2H3,(H,30,31). The van der Waals surface area contributed by atoms with E-state index in [0.717, 1.165) is 71.9 Å². The van der Waals surface area contributed by atoms with Crippen LogP contribution in [0.15, 0.2) is 54.9 Å². The van der Waals surface area contributed by atoms with E-state index in [1.54, 1.807) is 13.4 Å². The zero-order chi connectivity index (χ0) is 23.2. The topological polar surface area (TPSA) is 76.2 Å². The van der Waals surface area contributed by atoms with Crippen LogP contribution in [0.2, 0.25) is 0 Å². The molecule has 0 unspecified atom stereocenters. The first-order chi connectivity index (χ1) is 16.6. The zero-order valence-corrected chi connectivity index (χ0v) is 21.0. The second-order valence-corrected chi connectivity index (χ2v) is 9.51. The van der Waals surface area contributed by atoms with Gasteiger partial charge in [0.25, 0.3) is 0 Å². The van der Waals surface area contributed by atoms with Crippen LogP contribution in [0, 0.1) is 10.5 Å². The predicted octanol–water partition coefficient (Wildman–Crippen LogP) is 5.49. The molecule has 0 amide bonds. The van der Waals surface area contributed by atoms with Gasteiger partial charge in [-0.1, -0.05) is 12.1 Å². The Balaban J connectivity index is 1.39. The van der Waals surface area contributed by atoms with Crippen LogP contribution < -0.4 is 14.4 Å². The van der Waals surface area contributed by atoms with Crippen molar-refractivity contribution in [3.8, 4) is 22.6 Å². The Bertz CT molecular complexity index is 1550. The number of halogens is 1. The van der Waals surface area contributed by atoms with Crippen molar-refractivity contribution in [2.75, 3.05) is 25.2 Å². The molecule has 5 aromatic rings. The summed E-state index contributed by atoms with van der Waals surface area (Å²) >= 11 is 2.29. The summed E-state index contributed by atoms with van der Waals surface area (Å²) in [4.78, 5) is 19.2. The maximum absolute atomic E-state index is 6.11. The van der Waals surface area contributed by atoms with Crippen LogP contribution in [0.3, 0.4) is 0 Å². The lowest BCUT2D eigenvalue weighted by Gasteiger charge is -2.22. The number of rotatable bonds is 3. The number of methoxy groups -OCH3 is 1. The first-order valence-corrected chi connectivity index (χ1v) is 12.1. The summed E-state index contributed by atoms with van der Waals surface area (Å²) in [5.74, 6) is 3.56. The molecule has 0 saturated carbocycles. The average Bonchev–Trinajstić information content (AvgIpc) is 3.09. The van der Waals surface area contributed by atoms with Crippen molar-refractivity contribution in [1.82, 2.24) is 19.9 Å². The highest BCUT2D eigenvalue weighted by molar-refractivity contribution is 14.1. The van der Waals surface area contributed by atoms with Crippen molar-refractivity contribution >= 4 is 50.3 Å². The molecule has 0 saturated heterocycles. The molecule has 8 heteroatoms. The third-order valence-corrected chi connectivity index (χ3v) is 7.00. The molecule has 0 aliphatic carbocycles. The molecular formula is C26H22IN5O2. The molecule has 0 spiro atoms. The Morgan fingerprint density at radius 2 is 1.88 bits per heavy atom. The van der Waals surface area contributed by atoms with Gasteiger partial charge in [-0.05, 0) is 71.0 Å². The number of anilines is 1. The lowest BCUT2D eigenvalue weighted by molar-refractivity contribution is 0.331. The number of nitrogens with one attached hydrogen (secondary N) is 1. The van der Waals surface area contributed by atoms with E-state index in [-0.39, 0.29) is 0 Å². The van der Waals surface area contributed by atoms with E-state index in [2.05, 4.69) is 89.9 Å². The quantitative estimate of drug-likeness (QED) is 0.293. The van der Waals surface area contributed by atoms with Gasteiger partial charge in [0, 0.05) is 23.6 Å². The first kappa shape index (κ1) is 21.2. The predicted molar refractivity (Wildman–Crippen MR) is 142 cm³/mol. The van der Waals surface area contributed by atoms with Crippen LogP contribution in [0.5, 0.6) is 11.5 Å². The van der Waals surface area contributed by atoms with Crippen molar-refractivity contribution < 1.29 is 9.47 Å². The van der Waals surface area contributed by atoms with E-state index in [1.165, 1.54) is 0 Å². The van der Waals surface area contributed by atoms with Gasteiger partial charge in [0.1, 0.15) is 36.1 Å². The number of H-pyrrole nitrogens is 1. The minimum absolute atomic E-state index is 0.588. The average molecular weight is 563 g/mol. The summed E-state index contributed by atoms with van der Waals surface area (Å²) in [6.45, 7) is 3.99. The van der Waals surface area contributed by atoms with Gasteiger partial charge in [-0.3, -0.25) is 0 Å². The molecule has 3 heterocycles. The number of benzene rings is 3. The van der Waals surface area contributed by atoms with Crippen LogP contribution in [0.1, 0.15) is 11.4 Å². The van der Waals surface area contributed by atoms with Gasteiger partial charge in [-0.15, -0.1) is 0 Å². The van der Waals surface area contributed by atoms with Crippen LogP contribution in [0.25, 0.3) is 33.1 Å². The normalized spacial score (nSPS) is 13.6. The Labute approximate surface area is 210 Å². The minimum atomic E-state index is 0.588. The van der Waals surface area contributed by atoms with Gasteiger partial charge < -0.3 is 19.4 Å². The third-order valence-electron chi connectivity index (χ3n) is 6.16. The minimum Gasteiger partial charge on any atom is -0.496 e. The maximum Gasteiger partial charge on any atom is 0.140 e. The SMILES string of the molecule is COc1cc2ncnc(N3CCOc4ccc(-c5ccc6nc(C)[nH]c6c5)cc4C3)c2cc1I. The summed E-state index contributed by atoms with van der Waals surface area (Å²) in [6.07, 6.45) is 1.62. The highest BCUT2D eigenvalue weighted by atomic mass is 127. The fourth-order valence-electron chi connectivity index (χ4n) is 4.52. The molecule has 7 nitrogen and oxygen atoms in total. The fraction of sp³-hybridized carbons (Fsp3) is 0.192. The van der Waals surface area contributed by atoms with E-state index in [9.17, 15) is 0 Å². The first-order valence-electron chi connectivity index (χ1n) is 11.0. The van der Waals surface area contributed by atoms with E-state index in [4.69, 9.17) is 9.47 Å². The summed E-state index contributed by atoms with van der Waals surface area (Å²) in [5, 5.41) is 1.01. The molecule has 3 aromatic carbocycles. The smallest absolute Gasteiger partial charge is 0.140 e. The maximum atomic E-state index is 6.11. The van der Waals surface area contributed by atoms with Crippen molar-refractivity contribution in [2.45, 2.75) is 13.5 Å². The molecule has 1 aliphatic rings. The van der Waals surface area contributed by atoms with Gasteiger partial charge in [0.2, 0.25) is 0 Å². The Morgan fingerprint density at radius 3 is 2.76 bits per heavy atom. The molecule has 2 aromatic heterocycles. The number of fused-ring (bicyclic) bond motifs is 3. The Morgan fingerprint density at radius 1 is 1.03 bits per heavy atom. The van der Waals surface area contributed by atoms with Crippen molar-refractivity contribution in [1.29, 1.82) is 0 Å². The molecule has 1 N–H and O–H groups in total. The van der Waals surface area contributed by atoms with Gasteiger partial charge >= 0.3 is 0 Å². The summed E-state index contributed by atoms with van der Waals surface area (Å²) in [7, 11) is 1.68. The van der Waals surface area contributed by atoms with Crippen LogP contribution in [-0.4, -0.2) is 40.2 Å². The van der Waals surface area contributed by atoms with E-state index in [1.807, 2.05) is 13.0 Å². The van der Waals surface area contributed by atoms with Crippen molar-refractivity contribution in [3.63, 3.8) is 0 Å². The molecule has 170 valence electrons. The molecule has 1 aliphatic heterocycles. The van der Waals surface area contributed by atoms with E-state index in [0.29, 0.717) is 13.2 Å². The number of imidazole rings is 1. The molecular weight excluding hydrogens is 541 g/mol. The summed E-state index contributed by atoms with van der Waals surface area (Å²) in [5.41, 5.74) is 6.30. The van der Waals surface area contributed by atoms with Crippen molar-refractivity contribution in [2.24, 2.45) is 0 Å². The number of aromatic amines is 1. The number of ether oxygens (including phenoxy) is 2. The summed E-state index contributed by atoms with van der Waals surface area (Å²) in [6, 6.07) is 16.8. The zero-order valence-electron chi connectivity index (χ0n) is 18.8. The second-order valence-electron chi connectivity index (χ2n) is 8.35. The Kier molecular flexibility index (Phi) is 5.24. The van der Waals surface area contributed by atoms with Crippen LogP contribution in [0.4, 0.5) is 5.82 Å². The van der Waals surface area contributed by atoms with Gasteiger partial charge in [0.15, 0.2) is 0 Å². The molecule has 6 rings (SSSR count). The number of aryl methyl sites for hydroxylation is 1. The van der Waals surface area contributed by atoms with E-state index >= 15 is 0 Å². The largest absolute Gasteiger partial charge is 0.496 e. The highest BCUT2D eigenvalue weighted by Crippen LogP contribution is 2.35. The highest BCUT2D eigenvalue weighted by Gasteiger charge is 2.20. The van der Waals surface area contributed by atoms with Gasteiger partial charge in [-0.2, -0.15) is 0 Å². The number of aromatic nitrogens is 4. The Hall–Kier alpha value is -3.40. The lowest BCUT2D eigenvalue weighted by atomic mass is 10.0. The van der Waals surface area contributed by atoms with Gasteiger partial charge in [0.05, 0.1) is 33.8 Å². The number of hydrogen-bond acceptors (Lipinski definition) is 6. The molecule has 0 fully saturated rings. The second kappa shape index (κ2) is 8.43. The fourth-order valence-corrected chi connectivity index (χ4v) is 5.21. The van der Waals surface area contributed by atoms with Crippen LogP contribution >= 0.6 is 22.6 Å². The lowest BCUT2D eigenvalue weighted by Crippen LogP contribution is -2.26. The van der Waals surface area contributed by atoms with E-state index < -0.39 is 0 Å². The van der Waals surface area contributed by atoms with Gasteiger partial charge in [-0.25, -0.2) is 15.0 Å². The molecule has 0 atom stereocenters. The number of hydrogen-bond donors (Lipinski definition) is 1. The molecule has 34 heavy (non-hydrogen) atoms. The molecule has 0 radical (unpaired) electrons.